The van der Waals surface area contributed by atoms with Crippen molar-refractivity contribution < 1.29 is 24.8 Å². The van der Waals surface area contributed by atoms with Crippen molar-refractivity contribution in [2.24, 2.45) is 0 Å². The van der Waals surface area contributed by atoms with Crippen molar-refractivity contribution in [2.75, 3.05) is 0 Å². The molecule has 0 spiro atoms. The lowest BCUT2D eigenvalue weighted by Crippen LogP contribution is -2.37. The van der Waals surface area contributed by atoms with Crippen LogP contribution >= 0.6 is 0 Å². The van der Waals surface area contributed by atoms with Gasteiger partial charge >= 0.3 is 6.16 Å². The van der Waals surface area contributed by atoms with Crippen molar-refractivity contribution in [1.29, 1.82) is 0 Å². The first-order chi connectivity index (χ1) is 6.57. The minimum Gasteiger partial charge on any atom is -0.508 e. The molecule has 0 unspecified atom stereocenters. The van der Waals surface area contributed by atoms with Crippen molar-refractivity contribution in [3.05, 3.63) is 18.2 Å². The molecule has 0 saturated heterocycles. The summed E-state index contributed by atoms with van der Waals surface area (Å²) in [4.78, 5) is 0. The molecule has 0 saturated carbocycles. The summed E-state index contributed by atoms with van der Waals surface area (Å²) in [5.41, 5.74) is 0. The predicted octanol–water partition coefficient (Wildman–Crippen LogP) is 0.785. The fourth-order valence-electron chi connectivity index (χ4n) is 0.968. The van der Waals surface area contributed by atoms with Crippen LogP contribution in [0.4, 0.5) is 0 Å². The molecule has 0 radical (unpaired) electrons. The van der Waals surface area contributed by atoms with E-state index in [1.54, 1.807) is 0 Å². The highest BCUT2D eigenvalue weighted by atomic mass is 17.0. The number of rotatable bonds is 0. The first-order valence-electron chi connectivity index (χ1n) is 4.23. The molecule has 78 valence electrons. The molecule has 1 heterocycles. The standard InChI is InChI=1S/C7H6O5.C2H6/c8-4-1-2-5-6(3-4)12-7(9,10)11-5;1-2/h1-3,8-10H;1-2H3. The van der Waals surface area contributed by atoms with Crippen LogP contribution in [-0.2, 0) is 0 Å². The third kappa shape index (κ3) is 2.07. The van der Waals surface area contributed by atoms with Gasteiger partial charge in [0.25, 0.3) is 0 Å². The second-order valence-corrected chi connectivity index (χ2v) is 2.38. The zero-order valence-corrected chi connectivity index (χ0v) is 7.89. The van der Waals surface area contributed by atoms with Crippen LogP contribution in [0.15, 0.2) is 18.2 Å². The van der Waals surface area contributed by atoms with Gasteiger partial charge in [-0.05, 0) is 12.1 Å². The average molecular weight is 200 g/mol. The predicted molar refractivity (Wildman–Crippen MR) is 47.9 cm³/mol. The molecule has 5 nitrogen and oxygen atoms in total. The van der Waals surface area contributed by atoms with Gasteiger partial charge in [-0.25, -0.2) is 0 Å². The fraction of sp³-hybridized carbons (Fsp3) is 0.333. The van der Waals surface area contributed by atoms with Crippen molar-refractivity contribution in [3.8, 4) is 17.2 Å². The van der Waals surface area contributed by atoms with E-state index in [2.05, 4.69) is 9.47 Å². The van der Waals surface area contributed by atoms with Crippen LogP contribution in [0.25, 0.3) is 0 Å². The Kier molecular flexibility index (Phi) is 2.83. The molecule has 1 aromatic carbocycles. The Hall–Kier alpha value is -1.46. The van der Waals surface area contributed by atoms with Crippen LogP contribution < -0.4 is 9.47 Å². The molecule has 0 atom stereocenters. The molecule has 0 aliphatic carbocycles. The molecule has 0 amide bonds. The number of fused-ring (bicyclic) bond motifs is 1. The second-order valence-electron chi connectivity index (χ2n) is 2.38. The number of ether oxygens (including phenoxy) is 2. The van der Waals surface area contributed by atoms with Crippen LogP contribution in [0.1, 0.15) is 13.8 Å². The monoisotopic (exact) mass is 200 g/mol. The number of hydrogen-bond acceptors (Lipinski definition) is 5. The number of aromatic hydroxyl groups is 1. The van der Waals surface area contributed by atoms with Gasteiger partial charge in [0.2, 0.25) is 0 Å². The zero-order valence-electron chi connectivity index (χ0n) is 7.89. The first-order valence-corrected chi connectivity index (χ1v) is 4.23. The van der Waals surface area contributed by atoms with E-state index in [9.17, 15) is 0 Å². The molecule has 1 aliphatic heterocycles. The maximum Gasteiger partial charge on any atom is 0.505 e. The number of aliphatic hydroxyl groups is 2. The quantitative estimate of drug-likeness (QED) is 0.539. The SMILES string of the molecule is CC.Oc1ccc2c(c1)OC(O)(O)O2. The molecule has 2 rings (SSSR count). The van der Waals surface area contributed by atoms with Gasteiger partial charge in [-0.15, -0.1) is 0 Å². The van der Waals surface area contributed by atoms with E-state index >= 15 is 0 Å². The normalized spacial score (nSPS) is 15.7. The maximum atomic E-state index is 8.97. The van der Waals surface area contributed by atoms with Gasteiger partial charge in [-0.1, -0.05) is 13.8 Å². The number of phenolic OH excluding ortho intramolecular Hbond substituents is 1. The van der Waals surface area contributed by atoms with Gasteiger partial charge in [0.15, 0.2) is 11.5 Å². The van der Waals surface area contributed by atoms with Gasteiger partial charge in [-0.3, -0.25) is 10.2 Å². The third-order valence-electron chi connectivity index (χ3n) is 1.41. The van der Waals surface area contributed by atoms with E-state index < -0.39 is 6.16 Å². The number of benzene rings is 1. The largest absolute Gasteiger partial charge is 0.508 e. The minimum atomic E-state index is -2.61. The number of hydrogen-bond donors (Lipinski definition) is 3. The lowest BCUT2D eigenvalue weighted by molar-refractivity contribution is -0.385. The summed E-state index contributed by atoms with van der Waals surface area (Å²) in [6, 6.07) is 3.95. The summed E-state index contributed by atoms with van der Waals surface area (Å²) in [6.45, 7) is 4.00. The first kappa shape index (κ1) is 10.6. The Labute approximate surface area is 81.1 Å². The van der Waals surface area contributed by atoms with E-state index in [4.69, 9.17) is 15.3 Å². The van der Waals surface area contributed by atoms with E-state index in [-0.39, 0.29) is 17.2 Å². The van der Waals surface area contributed by atoms with Crippen molar-refractivity contribution in [2.45, 2.75) is 20.0 Å². The minimum absolute atomic E-state index is 0.0324. The van der Waals surface area contributed by atoms with Gasteiger partial charge in [0.05, 0.1) is 0 Å². The summed E-state index contributed by atoms with van der Waals surface area (Å²) in [5, 5.41) is 26.6. The van der Waals surface area contributed by atoms with Crippen molar-refractivity contribution in [3.63, 3.8) is 0 Å². The molecular weight excluding hydrogens is 188 g/mol. The zero-order chi connectivity index (χ0) is 10.8. The Balaban J connectivity index is 0.000000461. The third-order valence-corrected chi connectivity index (χ3v) is 1.41. The Bertz CT molecular complexity index is 321. The van der Waals surface area contributed by atoms with E-state index in [1.165, 1.54) is 18.2 Å². The lowest BCUT2D eigenvalue weighted by atomic mass is 10.3. The van der Waals surface area contributed by atoms with Crippen LogP contribution in [0.3, 0.4) is 0 Å². The summed E-state index contributed by atoms with van der Waals surface area (Å²) >= 11 is 0. The summed E-state index contributed by atoms with van der Waals surface area (Å²) in [6.07, 6.45) is -2.61. The van der Waals surface area contributed by atoms with Crippen LogP contribution in [0, 0.1) is 0 Å². The highest BCUT2D eigenvalue weighted by Gasteiger charge is 2.38. The Morgan fingerprint density at radius 2 is 1.64 bits per heavy atom. The molecular formula is C9H12O5. The Morgan fingerprint density at radius 3 is 2.29 bits per heavy atom. The molecule has 1 aromatic rings. The van der Waals surface area contributed by atoms with Crippen LogP contribution in [-0.4, -0.2) is 21.5 Å². The van der Waals surface area contributed by atoms with Crippen LogP contribution in [0.2, 0.25) is 0 Å². The van der Waals surface area contributed by atoms with Gasteiger partial charge in [0.1, 0.15) is 5.75 Å². The van der Waals surface area contributed by atoms with Crippen molar-refractivity contribution in [1.82, 2.24) is 0 Å². The highest BCUT2D eigenvalue weighted by molar-refractivity contribution is 5.46. The highest BCUT2D eigenvalue weighted by Crippen LogP contribution is 2.39. The lowest BCUT2D eigenvalue weighted by Gasteiger charge is -2.10. The molecule has 0 fully saturated rings. The molecule has 1 aliphatic rings. The van der Waals surface area contributed by atoms with Gasteiger partial charge in [0, 0.05) is 6.07 Å². The smallest absolute Gasteiger partial charge is 0.505 e. The average Bonchev–Trinajstić information content (AvgIpc) is 2.41. The molecule has 3 N–H and O–H groups in total. The summed E-state index contributed by atoms with van der Waals surface area (Å²) in [7, 11) is 0. The number of phenols is 1. The summed E-state index contributed by atoms with van der Waals surface area (Å²) in [5.74, 6) is 0.243. The molecule has 5 heteroatoms. The molecule has 14 heavy (non-hydrogen) atoms. The summed E-state index contributed by atoms with van der Waals surface area (Å²) < 4.78 is 9.03. The van der Waals surface area contributed by atoms with Crippen LogP contribution in [0.5, 0.6) is 17.2 Å². The molecule has 0 bridgehead atoms. The second kappa shape index (κ2) is 3.73. The fourth-order valence-corrected chi connectivity index (χ4v) is 0.968. The topological polar surface area (TPSA) is 79.2 Å². The van der Waals surface area contributed by atoms with Crippen molar-refractivity contribution >= 4 is 0 Å². The van der Waals surface area contributed by atoms with E-state index in [0.717, 1.165) is 0 Å². The van der Waals surface area contributed by atoms with Gasteiger partial charge < -0.3 is 14.6 Å². The van der Waals surface area contributed by atoms with E-state index in [0.29, 0.717) is 0 Å². The van der Waals surface area contributed by atoms with E-state index in [1.807, 2.05) is 13.8 Å². The Morgan fingerprint density at radius 1 is 1.07 bits per heavy atom. The maximum absolute atomic E-state index is 8.97. The van der Waals surface area contributed by atoms with Gasteiger partial charge in [-0.2, -0.15) is 0 Å². The molecule has 0 aromatic heterocycles.